The van der Waals surface area contributed by atoms with Crippen LogP contribution in [-0.2, 0) is 0 Å². The van der Waals surface area contributed by atoms with Crippen LogP contribution < -0.4 is 5.32 Å². The van der Waals surface area contributed by atoms with E-state index >= 15 is 0 Å². The molecular weight excluding hydrogens is 250 g/mol. The molecule has 3 nitrogen and oxygen atoms in total. The van der Waals surface area contributed by atoms with E-state index < -0.39 is 29.2 Å². The van der Waals surface area contributed by atoms with Gasteiger partial charge in [-0.2, -0.15) is 22.5 Å². The highest BCUT2D eigenvalue weighted by atomic mass is 19.2. The molecule has 0 spiro atoms. The van der Waals surface area contributed by atoms with Crippen LogP contribution in [0.5, 0.6) is 0 Å². The molecule has 18 heavy (non-hydrogen) atoms. The Morgan fingerprint density at radius 2 is 1.83 bits per heavy atom. The summed E-state index contributed by atoms with van der Waals surface area (Å²) in [4.78, 5) is 4.57. The second kappa shape index (κ2) is 5.09. The first kappa shape index (κ1) is 13.1. The molecule has 1 aromatic heterocycles. The van der Waals surface area contributed by atoms with Crippen LogP contribution in [-0.4, -0.2) is 36.6 Å². The minimum atomic E-state index is -1.64. The van der Waals surface area contributed by atoms with Crippen LogP contribution >= 0.6 is 0 Å². The number of likely N-dealkylation sites (tertiary alicyclic amines) is 1. The van der Waals surface area contributed by atoms with Gasteiger partial charge in [0.1, 0.15) is 5.69 Å². The molecule has 1 unspecified atom stereocenters. The molecule has 0 bridgehead atoms. The number of nitrogens with zero attached hydrogens (tertiary/aromatic N) is 2. The Bertz CT molecular complexity index is 426. The monoisotopic (exact) mass is 263 g/mol. The molecular formula is C11H13F4N3. The number of rotatable bonds is 3. The van der Waals surface area contributed by atoms with Crippen molar-refractivity contribution in [3.63, 3.8) is 0 Å². The average molecular weight is 263 g/mol. The molecule has 0 saturated carbocycles. The first-order chi connectivity index (χ1) is 8.49. The van der Waals surface area contributed by atoms with Crippen molar-refractivity contribution in [1.82, 2.24) is 9.88 Å². The minimum Gasteiger partial charge on any atom is -0.380 e. The van der Waals surface area contributed by atoms with Gasteiger partial charge < -0.3 is 10.2 Å². The smallest absolute Gasteiger partial charge is 0.253 e. The number of hydrogen-bond donors (Lipinski definition) is 1. The van der Waals surface area contributed by atoms with Gasteiger partial charge in [0.15, 0.2) is 0 Å². The van der Waals surface area contributed by atoms with Crippen LogP contribution in [0.1, 0.15) is 6.42 Å². The van der Waals surface area contributed by atoms with E-state index in [4.69, 9.17) is 0 Å². The van der Waals surface area contributed by atoms with E-state index in [-0.39, 0.29) is 12.5 Å². The van der Waals surface area contributed by atoms with E-state index in [0.717, 1.165) is 19.5 Å². The quantitative estimate of drug-likeness (QED) is 0.668. The molecule has 2 heterocycles. The molecule has 0 radical (unpaired) electrons. The first-order valence-electron chi connectivity index (χ1n) is 5.61. The zero-order chi connectivity index (χ0) is 13.3. The lowest BCUT2D eigenvalue weighted by molar-refractivity contribution is 0.396. The molecule has 0 amide bonds. The third-order valence-corrected chi connectivity index (χ3v) is 3.05. The maximum absolute atomic E-state index is 13.3. The number of anilines is 1. The lowest BCUT2D eigenvalue weighted by atomic mass is 10.1. The average Bonchev–Trinajstić information content (AvgIpc) is 2.73. The number of hydrogen-bond acceptors (Lipinski definition) is 3. The summed E-state index contributed by atoms with van der Waals surface area (Å²) in [6, 6.07) is 0. The molecule has 1 aliphatic heterocycles. The fourth-order valence-electron chi connectivity index (χ4n) is 2.08. The Hall–Kier alpha value is -1.37. The van der Waals surface area contributed by atoms with Crippen molar-refractivity contribution < 1.29 is 17.6 Å². The van der Waals surface area contributed by atoms with E-state index in [2.05, 4.69) is 15.2 Å². The molecule has 1 fully saturated rings. The van der Waals surface area contributed by atoms with Gasteiger partial charge in [-0.25, -0.2) is 0 Å². The normalized spacial score (nSPS) is 20.4. The van der Waals surface area contributed by atoms with Crippen molar-refractivity contribution in [1.29, 1.82) is 0 Å². The van der Waals surface area contributed by atoms with Gasteiger partial charge in [-0.15, -0.1) is 0 Å². The van der Waals surface area contributed by atoms with Gasteiger partial charge in [-0.05, 0) is 25.9 Å². The van der Waals surface area contributed by atoms with E-state index in [1.165, 1.54) is 0 Å². The second-order valence-corrected chi connectivity index (χ2v) is 4.49. The number of aromatic nitrogens is 1. The van der Waals surface area contributed by atoms with Gasteiger partial charge >= 0.3 is 0 Å². The highest BCUT2D eigenvalue weighted by Crippen LogP contribution is 2.23. The Morgan fingerprint density at radius 1 is 1.22 bits per heavy atom. The first-order valence-corrected chi connectivity index (χ1v) is 5.61. The number of halogens is 4. The molecule has 2 rings (SSSR count). The van der Waals surface area contributed by atoms with Crippen LogP contribution in [0.25, 0.3) is 0 Å². The molecule has 7 heteroatoms. The van der Waals surface area contributed by atoms with Crippen molar-refractivity contribution in [2.24, 2.45) is 5.92 Å². The second-order valence-electron chi connectivity index (χ2n) is 4.49. The van der Waals surface area contributed by atoms with Gasteiger partial charge in [-0.1, -0.05) is 0 Å². The SMILES string of the molecule is CN1CCC(CNc2c(F)c(F)nc(F)c2F)C1. The Balaban J connectivity index is 2.09. The Labute approximate surface area is 102 Å². The number of pyridine rings is 1. The maximum Gasteiger partial charge on any atom is 0.253 e. The summed E-state index contributed by atoms with van der Waals surface area (Å²) < 4.78 is 52.2. The lowest BCUT2D eigenvalue weighted by Gasteiger charge is -2.14. The van der Waals surface area contributed by atoms with Gasteiger partial charge in [0.25, 0.3) is 11.9 Å². The zero-order valence-electron chi connectivity index (χ0n) is 9.81. The fourth-order valence-corrected chi connectivity index (χ4v) is 2.08. The minimum absolute atomic E-state index is 0.202. The summed E-state index contributed by atoms with van der Waals surface area (Å²) in [5, 5.41) is 2.43. The molecule has 100 valence electrons. The summed E-state index contributed by atoms with van der Waals surface area (Å²) in [5.41, 5.74) is -0.783. The van der Waals surface area contributed by atoms with Crippen molar-refractivity contribution in [2.45, 2.75) is 6.42 Å². The predicted octanol–water partition coefficient (Wildman–Crippen LogP) is 2.00. The van der Waals surface area contributed by atoms with Gasteiger partial charge in [0.2, 0.25) is 11.6 Å². The molecule has 1 atom stereocenters. The summed E-state index contributed by atoms with van der Waals surface area (Å²) in [5.74, 6) is -6.05. The molecule has 0 aromatic carbocycles. The summed E-state index contributed by atoms with van der Waals surface area (Å²) >= 11 is 0. The van der Waals surface area contributed by atoms with Crippen LogP contribution in [0, 0.1) is 29.4 Å². The van der Waals surface area contributed by atoms with Crippen LogP contribution in [0.4, 0.5) is 23.2 Å². The van der Waals surface area contributed by atoms with Gasteiger partial charge in [0, 0.05) is 13.1 Å². The molecule has 0 aliphatic carbocycles. The third kappa shape index (κ3) is 2.55. The molecule has 1 aliphatic rings. The highest BCUT2D eigenvalue weighted by Gasteiger charge is 2.23. The Kier molecular flexibility index (Phi) is 3.70. The fraction of sp³-hybridized carbons (Fsp3) is 0.545. The summed E-state index contributed by atoms with van der Waals surface area (Å²) in [6.07, 6.45) is 0.878. The van der Waals surface area contributed by atoms with Crippen LogP contribution in [0.2, 0.25) is 0 Å². The topological polar surface area (TPSA) is 28.2 Å². The summed E-state index contributed by atoms with van der Waals surface area (Å²) in [6.45, 7) is 1.95. The molecule has 1 N–H and O–H groups in total. The van der Waals surface area contributed by atoms with E-state index in [1.807, 2.05) is 7.05 Å². The van der Waals surface area contributed by atoms with Gasteiger partial charge in [0.05, 0.1) is 0 Å². The van der Waals surface area contributed by atoms with E-state index in [9.17, 15) is 17.6 Å². The van der Waals surface area contributed by atoms with E-state index in [0.29, 0.717) is 0 Å². The number of nitrogens with one attached hydrogen (secondary N) is 1. The van der Waals surface area contributed by atoms with Crippen molar-refractivity contribution >= 4 is 5.69 Å². The van der Waals surface area contributed by atoms with Crippen molar-refractivity contribution in [3.8, 4) is 0 Å². The lowest BCUT2D eigenvalue weighted by Crippen LogP contribution is -2.20. The summed E-state index contributed by atoms with van der Waals surface area (Å²) in [7, 11) is 1.94. The van der Waals surface area contributed by atoms with Crippen molar-refractivity contribution in [2.75, 3.05) is 32.0 Å². The van der Waals surface area contributed by atoms with Gasteiger partial charge in [-0.3, -0.25) is 0 Å². The Morgan fingerprint density at radius 3 is 2.33 bits per heavy atom. The van der Waals surface area contributed by atoms with Crippen LogP contribution in [0.15, 0.2) is 0 Å². The maximum atomic E-state index is 13.3. The largest absolute Gasteiger partial charge is 0.380 e. The highest BCUT2D eigenvalue weighted by molar-refractivity contribution is 5.45. The van der Waals surface area contributed by atoms with Crippen molar-refractivity contribution in [3.05, 3.63) is 23.5 Å². The standard InChI is InChI=1S/C11H13F4N3/c1-18-3-2-6(5-18)4-16-9-7(12)10(14)17-11(15)8(9)13/h6H,2-5H2,1H3,(H,16,17). The van der Waals surface area contributed by atoms with E-state index in [1.54, 1.807) is 0 Å². The van der Waals surface area contributed by atoms with Crippen LogP contribution in [0.3, 0.4) is 0 Å². The molecule has 1 aromatic rings. The predicted molar refractivity (Wildman–Crippen MR) is 58.2 cm³/mol. The zero-order valence-corrected chi connectivity index (χ0v) is 9.81. The molecule has 1 saturated heterocycles. The third-order valence-electron chi connectivity index (χ3n) is 3.05.